The number of rotatable bonds is 12. The number of hydrogen-bond donors (Lipinski definition) is 3. The van der Waals surface area contributed by atoms with Crippen LogP contribution < -0.4 is 0 Å². The number of aliphatic hydroxyl groups excluding tert-OH is 2. The summed E-state index contributed by atoms with van der Waals surface area (Å²) in [4.78, 5) is 9.40. The molecule has 1 atom stereocenters. The average molecular weight is 565 g/mol. The number of alkyl halides is 1. The molecule has 2 aromatic rings. The van der Waals surface area contributed by atoms with Gasteiger partial charge in [-0.05, 0) is 107 Å². The van der Waals surface area contributed by atoms with Gasteiger partial charge in [0.25, 0.3) is 0 Å². The molecule has 0 aromatic heterocycles. The zero-order valence-electron chi connectivity index (χ0n) is 24.6. The summed E-state index contributed by atoms with van der Waals surface area (Å²) in [5.41, 5.74) is 2.70. The number of carbonyl (C=O) groups excluding carboxylic acids is 1. The molecule has 0 aliphatic carbocycles. The maximum absolute atomic E-state index is 13.6. The summed E-state index contributed by atoms with van der Waals surface area (Å²) in [6.45, 7) is 9.93. The molecule has 2 rings (SSSR count). The van der Waals surface area contributed by atoms with Gasteiger partial charge in [-0.15, -0.1) is 0 Å². The molecular formula is C32H46F2O6. The fraction of sp³-hybridized carbons (Fsp3) is 0.406. The van der Waals surface area contributed by atoms with Crippen LogP contribution in [0.2, 0.25) is 0 Å². The van der Waals surface area contributed by atoms with E-state index in [9.17, 15) is 18.7 Å². The SMILES string of the molecule is C/C=C(\C=C/COCC)O/C(=C/CCc1cccc(O)c1)c1ccc(F)cc1C.CC(O)F.CCCC=O.CO. The molecule has 0 aliphatic rings. The first-order valence-corrected chi connectivity index (χ1v) is 13.2. The van der Waals surface area contributed by atoms with E-state index in [1.807, 2.05) is 64.1 Å². The Bertz CT molecular complexity index is 1010. The van der Waals surface area contributed by atoms with Crippen molar-refractivity contribution in [1.82, 2.24) is 0 Å². The summed E-state index contributed by atoms with van der Waals surface area (Å²) in [7, 11) is 1.00. The third-order valence-electron chi connectivity index (χ3n) is 4.75. The van der Waals surface area contributed by atoms with Crippen LogP contribution in [0.25, 0.3) is 5.76 Å². The first-order valence-electron chi connectivity index (χ1n) is 13.2. The van der Waals surface area contributed by atoms with E-state index in [0.29, 0.717) is 31.2 Å². The largest absolute Gasteiger partial charge is 0.508 e. The first-order chi connectivity index (χ1) is 19.2. The Kier molecular flexibility index (Phi) is 25.2. The summed E-state index contributed by atoms with van der Waals surface area (Å²) >= 11 is 0. The van der Waals surface area contributed by atoms with Crippen LogP contribution in [0.3, 0.4) is 0 Å². The molecule has 0 saturated carbocycles. The van der Waals surface area contributed by atoms with E-state index < -0.39 is 6.36 Å². The van der Waals surface area contributed by atoms with Crippen molar-refractivity contribution >= 4 is 12.0 Å². The molecule has 0 fully saturated rings. The van der Waals surface area contributed by atoms with Crippen molar-refractivity contribution in [2.75, 3.05) is 20.3 Å². The average Bonchev–Trinajstić information content (AvgIpc) is 2.91. The van der Waals surface area contributed by atoms with Crippen LogP contribution >= 0.6 is 0 Å². The zero-order chi connectivity index (χ0) is 30.8. The number of halogens is 2. The van der Waals surface area contributed by atoms with E-state index in [1.165, 1.54) is 12.1 Å². The van der Waals surface area contributed by atoms with Gasteiger partial charge in [-0.3, -0.25) is 0 Å². The minimum atomic E-state index is -1.67. The molecule has 3 N–H and O–H groups in total. The number of ether oxygens (including phenoxy) is 2. The molecule has 0 heterocycles. The number of benzene rings is 2. The van der Waals surface area contributed by atoms with Crippen molar-refractivity contribution in [3.63, 3.8) is 0 Å². The van der Waals surface area contributed by atoms with Crippen molar-refractivity contribution in [3.05, 3.63) is 95.0 Å². The van der Waals surface area contributed by atoms with Gasteiger partial charge in [0.05, 0.1) is 6.61 Å². The molecule has 0 saturated heterocycles. The molecule has 0 radical (unpaired) electrons. The molecule has 224 valence electrons. The Morgan fingerprint density at radius 2 is 1.77 bits per heavy atom. The van der Waals surface area contributed by atoms with Crippen molar-refractivity contribution in [3.8, 4) is 5.75 Å². The van der Waals surface area contributed by atoms with E-state index in [1.54, 1.807) is 18.2 Å². The number of aromatic hydroxyl groups is 1. The van der Waals surface area contributed by atoms with Crippen LogP contribution in [0, 0.1) is 12.7 Å². The third-order valence-corrected chi connectivity index (χ3v) is 4.75. The number of phenols is 1. The lowest BCUT2D eigenvalue weighted by Crippen LogP contribution is -1.97. The number of unbranched alkanes of at least 4 members (excludes halogenated alkanes) is 1. The maximum atomic E-state index is 13.6. The van der Waals surface area contributed by atoms with E-state index >= 15 is 0 Å². The maximum Gasteiger partial charge on any atom is 0.193 e. The van der Waals surface area contributed by atoms with Crippen LogP contribution in [0.1, 0.15) is 63.6 Å². The van der Waals surface area contributed by atoms with Gasteiger partial charge >= 0.3 is 0 Å². The Labute approximate surface area is 238 Å². The monoisotopic (exact) mass is 564 g/mol. The minimum Gasteiger partial charge on any atom is -0.508 e. The second-order valence-corrected chi connectivity index (χ2v) is 8.12. The van der Waals surface area contributed by atoms with Crippen LogP contribution in [-0.2, 0) is 20.7 Å². The van der Waals surface area contributed by atoms with Crippen LogP contribution in [-0.4, -0.2) is 48.3 Å². The van der Waals surface area contributed by atoms with Crippen LogP contribution in [0.4, 0.5) is 8.78 Å². The molecular weight excluding hydrogens is 518 g/mol. The Morgan fingerprint density at radius 1 is 1.10 bits per heavy atom. The molecule has 8 heteroatoms. The highest BCUT2D eigenvalue weighted by atomic mass is 19.1. The topological polar surface area (TPSA) is 96.2 Å². The summed E-state index contributed by atoms with van der Waals surface area (Å²) in [5.74, 6) is 1.36. The summed E-state index contributed by atoms with van der Waals surface area (Å²) in [5, 5.41) is 24.0. The van der Waals surface area contributed by atoms with E-state index in [0.717, 1.165) is 56.3 Å². The number of allylic oxidation sites excluding steroid dienone is 3. The molecule has 1 unspecified atom stereocenters. The number of aliphatic hydroxyl groups is 2. The standard InChI is InChI=1S/C25H29FO3.C4H8O.C2H5FO.CH4O/c1-4-23(12-8-16-28-5-2)29-25(24-15-14-21(26)17-19(24)3)13-7-10-20-9-6-11-22(27)18-20;1-2-3-4-5;1-2(3)4;1-2/h4,6,8-9,11-15,17-18,27H,5,7,10,16H2,1-3H3;4H,2-3H2,1H3;2,4H,1H3;2H,1H3/b12-8-,23-4+,25-13+;;;. The van der Waals surface area contributed by atoms with Crippen molar-refractivity contribution in [2.45, 2.75) is 66.7 Å². The fourth-order valence-corrected chi connectivity index (χ4v) is 2.98. The summed E-state index contributed by atoms with van der Waals surface area (Å²) in [6.07, 6.45) is 10.1. The minimum absolute atomic E-state index is 0.257. The van der Waals surface area contributed by atoms with Gasteiger partial charge in [0, 0.05) is 25.7 Å². The molecule has 40 heavy (non-hydrogen) atoms. The number of hydrogen-bond acceptors (Lipinski definition) is 6. The predicted molar refractivity (Wildman–Crippen MR) is 158 cm³/mol. The quantitative estimate of drug-likeness (QED) is 0.109. The van der Waals surface area contributed by atoms with Crippen molar-refractivity contribution in [1.29, 1.82) is 0 Å². The lowest BCUT2D eigenvalue weighted by Gasteiger charge is -2.14. The lowest BCUT2D eigenvalue weighted by atomic mass is 10.0. The van der Waals surface area contributed by atoms with E-state index in [-0.39, 0.29) is 11.6 Å². The Balaban J connectivity index is 0. The predicted octanol–water partition coefficient (Wildman–Crippen LogP) is 7.21. The third kappa shape index (κ3) is 20.6. The van der Waals surface area contributed by atoms with Gasteiger partial charge in [0.1, 0.15) is 29.4 Å². The number of aldehydes is 1. The smallest absolute Gasteiger partial charge is 0.193 e. The molecule has 0 bridgehead atoms. The highest BCUT2D eigenvalue weighted by molar-refractivity contribution is 5.64. The first kappa shape index (κ1) is 38.8. The van der Waals surface area contributed by atoms with E-state index in [4.69, 9.17) is 19.7 Å². The highest BCUT2D eigenvalue weighted by Gasteiger charge is 2.09. The summed E-state index contributed by atoms with van der Waals surface area (Å²) in [6, 6.07) is 11.9. The Hall–Kier alpha value is -3.33. The normalized spacial score (nSPS) is 11.8. The molecule has 2 aromatic carbocycles. The number of carbonyl (C=O) groups is 1. The van der Waals surface area contributed by atoms with Crippen LogP contribution in [0.15, 0.2) is 72.5 Å². The fourth-order valence-electron chi connectivity index (χ4n) is 2.98. The molecule has 0 aliphatic heterocycles. The zero-order valence-corrected chi connectivity index (χ0v) is 24.6. The van der Waals surface area contributed by atoms with Gasteiger partial charge in [-0.1, -0.05) is 25.1 Å². The van der Waals surface area contributed by atoms with Crippen molar-refractivity contribution < 1.29 is 38.4 Å². The number of aryl methyl sites for hydroxylation is 2. The molecule has 0 amide bonds. The van der Waals surface area contributed by atoms with Gasteiger partial charge in [-0.25, -0.2) is 8.78 Å². The second kappa shape index (κ2) is 25.9. The lowest BCUT2D eigenvalue weighted by molar-refractivity contribution is -0.107. The summed E-state index contributed by atoms with van der Waals surface area (Å²) < 4.78 is 35.6. The van der Waals surface area contributed by atoms with Crippen LogP contribution in [0.5, 0.6) is 5.75 Å². The van der Waals surface area contributed by atoms with Gasteiger partial charge in [-0.2, -0.15) is 0 Å². The molecule has 6 nitrogen and oxygen atoms in total. The second-order valence-electron chi connectivity index (χ2n) is 8.12. The van der Waals surface area contributed by atoms with Gasteiger partial charge < -0.3 is 29.6 Å². The van der Waals surface area contributed by atoms with E-state index in [2.05, 4.69) is 0 Å². The van der Waals surface area contributed by atoms with Gasteiger partial charge in [0.2, 0.25) is 0 Å². The van der Waals surface area contributed by atoms with Gasteiger partial charge in [0.15, 0.2) is 6.36 Å². The molecule has 0 spiro atoms. The highest BCUT2D eigenvalue weighted by Crippen LogP contribution is 2.25. The Morgan fingerprint density at radius 3 is 2.27 bits per heavy atom. The van der Waals surface area contributed by atoms with Crippen molar-refractivity contribution in [2.24, 2.45) is 0 Å². The number of phenolic OH excluding ortho intramolecular Hbond substituents is 1.